The van der Waals surface area contributed by atoms with Crippen LogP contribution in [-0.2, 0) is 4.74 Å². The molecule has 0 fully saturated rings. The van der Waals surface area contributed by atoms with E-state index >= 15 is 0 Å². The summed E-state index contributed by atoms with van der Waals surface area (Å²) in [6, 6.07) is 0. The third kappa shape index (κ3) is 6.44. The molecule has 0 bridgehead atoms. The largest absolute Gasteiger partial charge is 0.381 e. The lowest BCUT2D eigenvalue weighted by Crippen LogP contribution is -2.18. The first kappa shape index (κ1) is 14.0. The van der Waals surface area contributed by atoms with E-state index < -0.39 is 0 Å². The second-order valence-corrected chi connectivity index (χ2v) is 4.80. The molecule has 0 N–H and O–H groups in total. The zero-order valence-electron chi connectivity index (χ0n) is 9.68. The van der Waals surface area contributed by atoms with Crippen molar-refractivity contribution in [3.8, 4) is 0 Å². The minimum Gasteiger partial charge on any atom is -0.381 e. The van der Waals surface area contributed by atoms with Crippen molar-refractivity contribution in [2.45, 2.75) is 33.6 Å². The van der Waals surface area contributed by atoms with Crippen LogP contribution in [0.2, 0.25) is 0 Å². The summed E-state index contributed by atoms with van der Waals surface area (Å²) in [5, 5.41) is 0. The van der Waals surface area contributed by atoms with Crippen LogP contribution in [0.15, 0.2) is 12.7 Å². The number of ether oxygens (including phenoxy) is 1. The summed E-state index contributed by atoms with van der Waals surface area (Å²) in [5.41, 5.74) is 0.0272. The maximum Gasteiger partial charge on any atom is 0.0474 e. The van der Waals surface area contributed by atoms with Crippen molar-refractivity contribution in [3.05, 3.63) is 12.7 Å². The van der Waals surface area contributed by atoms with E-state index in [-0.39, 0.29) is 5.41 Å². The first-order chi connectivity index (χ1) is 6.54. The van der Waals surface area contributed by atoms with E-state index in [1.807, 2.05) is 6.08 Å². The highest BCUT2D eigenvalue weighted by Crippen LogP contribution is 2.24. The van der Waals surface area contributed by atoms with Crippen LogP contribution in [0.4, 0.5) is 0 Å². The van der Waals surface area contributed by atoms with E-state index in [1.54, 1.807) is 0 Å². The molecule has 0 aromatic carbocycles. The lowest BCUT2D eigenvalue weighted by molar-refractivity contribution is 0.105. The molecule has 1 nitrogen and oxygen atoms in total. The Morgan fingerprint density at radius 3 is 2.50 bits per heavy atom. The van der Waals surface area contributed by atoms with Crippen LogP contribution in [0.3, 0.4) is 0 Å². The van der Waals surface area contributed by atoms with Crippen LogP contribution in [0.1, 0.15) is 33.6 Å². The molecule has 0 aromatic heterocycles. The van der Waals surface area contributed by atoms with Gasteiger partial charge < -0.3 is 4.74 Å². The zero-order chi connectivity index (χ0) is 11.0. The lowest BCUT2D eigenvalue weighted by atomic mass is 9.90. The Morgan fingerprint density at radius 1 is 1.43 bits per heavy atom. The third-order valence-electron chi connectivity index (χ3n) is 2.46. The molecule has 0 spiro atoms. The quantitative estimate of drug-likeness (QED) is 0.342. The third-order valence-corrected chi connectivity index (χ3v) is 3.07. The van der Waals surface area contributed by atoms with Crippen molar-refractivity contribution in [1.29, 1.82) is 0 Å². The molecule has 0 aliphatic rings. The Balaban J connectivity index is 3.48. The molecule has 0 aliphatic heterocycles. The summed E-state index contributed by atoms with van der Waals surface area (Å²) in [6.45, 7) is 11.9. The molecule has 2 heteroatoms. The molecular weight excluding hydrogens is 196 g/mol. The van der Waals surface area contributed by atoms with Crippen molar-refractivity contribution in [2.24, 2.45) is 11.3 Å². The van der Waals surface area contributed by atoms with Gasteiger partial charge in [0.05, 0.1) is 0 Å². The monoisotopic (exact) mass is 218 g/mol. The highest BCUT2D eigenvalue weighted by molar-refractivity contribution is 6.18. The Morgan fingerprint density at radius 2 is 2.07 bits per heavy atom. The first-order valence-corrected chi connectivity index (χ1v) is 5.85. The van der Waals surface area contributed by atoms with E-state index in [0.29, 0.717) is 11.8 Å². The van der Waals surface area contributed by atoms with Crippen molar-refractivity contribution in [2.75, 3.05) is 19.1 Å². The molecule has 0 aliphatic carbocycles. The molecule has 14 heavy (non-hydrogen) atoms. The number of allylic oxidation sites excluding steroid dienone is 1. The molecule has 0 heterocycles. The van der Waals surface area contributed by atoms with Gasteiger partial charge in [-0.1, -0.05) is 26.8 Å². The van der Waals surface area contributed by atoms with Crippen molar-refractivity contribution < 1.29 is 4.74 Å². The summed E-state index contributed by atoms with van der Waals surface area (Å²) in [4.78, 5) is 0. The predicted molar refractivity (Wildman–Crippen MR) is 63.9 cm³/mol. The number of rotatable bonds is 8. The van der Waals surface area contributed by atoms with Crippen LogP contribution in [0.25, 0.3) is 0 Å². The summed E-state index contributed by atoms with van der Waals surface area (Å²) >= 11 is 5.85. The minimum atomic E-state index is 0.0272. The maximum absolute atomic E-state index is 5.85. The SMILES string of the molecule is C=CC(C)(CCl)CCOCCC(C)C. The van der Waals surface area contributed by atoms with Gasteiger partial charge in [0.15, 0.2) is 0 Å². The topological polar surface area (TPSA) is 9.23 Å². The van der Waals surface area contributed by atoms with Crippen LogP contribution >= 0.6 is 11.6 Å². The van der Waals surface area contributed by atoms with Gasteiger partial charge in [-0.05, 0) is 18.8 Å². The summed E-state index contributed by atoms with van der Waals surface area (Å²) in [5.74, 6) is 1.33. The van der Waals surface area contributed by atoms with Gasteiger partial charge in [0.1, 0.15) is 0 Å². The molecule has 0 amide bonds. The van der Waals surface area contributed by atoms with Crippen LogP contribution in [-0.4, -0.2) is 19.1 Å². The van der Waals surface area contributed by atoms with Crippen molar-refractivity contribution in [1.82, 2.24) is 0 Å². The Bertz CT molecular complexity index is 156. The van der Waals surface area contributed by atoms with Gasteiger partial charge in [-0.2, -0.15) is 0 Å². The first-order valence-electron chi connectivity index (χ1n) is 5.31. The Hall–Kier alpha value is -0.0100. The molecule has 1 unspecified atom stereocenters. The zero-order valence-corrected chi connectivity index (χ0v) is 10.4. The van der Waals surface area contributed by atoms with E-state index in [9.17, 15) is 0 Å². The molecule has 1 atom stereocenters. The molecule has 0 saturated heterocycles. The standard InChI is InChI=1S/C12H23ClO/c1-5-12(4,10-13)7-9-14-8-6-11(2)3/h5,11H,1,6-10H2,2-4H3. The average molecular weight is 219 g/mol. The molecule has 0 aromatic rings. The van der Waals surface area contributed by atoms with Gasteiger partial charge in [0.25, 0.3) is 0 Å². The Labute approximate surface area is 93.5 Å². The molecule has 0 radical (unpaired) electrons. The van der Waals surface area contributed by atoms with E-state index in [4.69, 9.17) is 16.3 Å². The fraction of sp³-hybridized carbons (Fsp3) is 0.833. The summed E-state index contributed by atoms with van der Waals surface area (Å²) in [7, 11) is 0. The van der Waals surface area contributed by atoms with Crippen molar-refractivity contribution in [3.63, 3.8) is 0 Å². The molecule has 0 saturated carbocycles. The van der Waals surface area contributed by atoms with Crippen LogP contribution in [0.5, 0.6) is 0 Å². The Kier molecular flexibility index (Phi) is 7.30. The van der Waals surface area contributed by atoms with Gasteiger partial charge in [-0.3, -0.25) is 0 Å². The van der Waals surface area contributed by atoms with Gasteiger partial charge in [0.2, 0.25) is 0 Å². The van der Waals surface area contributed by atoms with Gasteiger partial charge in [0, 0.05) is 24.5 Å². The lowest BCUT2D eigenvalue weighted by Gasteiger charge is -2.22. The maximum atomic E-state index is 5.85. The molecular formula is C12H23ClO. The second-order valence-electron chi connectivity index (χ2n) is 4.54. The second kappa shape index (κ2) is 7.30. The van der Waals surface area contributed by atoms with E-state index in [1.165, 1.54) is 0 Å². The fourth-order valence-corrected chi connectivity index (χ4v) is 1.19. The smallest absolute Gasteiger partial charge is 0.0474 e. The van der Waals surface area contributed by atoms with Gasteiger partial charge in [-0.25, -0.2) is 0 Å². The highest BCUT2D eigenvalue weighted by Gasteiger charge is 2.18. The summed E-state index contributed by atoms with van der Waals surface area (Å²) in [6.07, 6.45) is 4.01. The fourth-order valence-electron chi connectivity index (χ4n) is 0.950. The molecule has 84 valence electrons. The van der Waals surface area contributed by atoms with Gasteiger partial charge in [-0.15, -0.1) is 18.2 Å². The van der Waals surface area contributed by atoms with Crippen LogP contribution < -0.4 is 0 Å². The van der Waals surface area contributed by atoms with Crippen LogP contribution in [0, 0.1) is 11.3 Å². The minimum absolute atomic E-state index is 0.0272. The number of alkyl halides is 1. The normalized spacial score (nSPS) is 15.5. The molecule has 0 rings (SSSR count). The number of halogens is 1. The highest BCUT2D eigenvalue weighted by atomic mass is 35.5. The van der Waals surface area contributed by atoms with E-state index in [2.05, 4.69) is 27.4 Å². The average Bonchev–Trinajstić information content (AvgIpc) is 2.16. The predicted octanol–water partition coefficient (Wildman–Crippen LogP) is 3.87. The van der Waals surface area contributed by atoms with Gasteiger partial charge >= 0.3 is 0 Å². The van der Waals surface area contributed by atoms with E-state index in [0.717, 1.165) is 26.1 Å². The summed E-state index contributed by atoms with van der Waals surface area (Å²) < 4.78 is 5.54. The van der Waals surface area contributed by atoms with Crippen molar-refractivity contribution >= 4 is 11.6 Å². The number of hydrogen-bond donors (Lipinski definition) is 0. The number of hydrogen-bond acceptors (Lipinski definition) is 1.